The largest absolute Gasteiger partial charge is 0.390 e. The highest BCUT2D eigenvalue weighted by Gasteiger charge is 2.47. The van der Waals surface area contributed by atoms with Gasteiger partial charge in [-0.05, 0) is 101 Å². The Balaban J connectivity index is 2.34. The van der Waals surface area contributed by atoms with Gasteiger partial charge in [0.05, 0.1) is 19.3 Å². The van der Waals surface area contributed by atoms with Crippen LogP contribution in [0, 0.1) is 41.4 Å². The van der Waals surface area contributed by atoms with Gasteiger partial charge in [-0.15, -0.1) is 0 Å². The summed E-state index contributed by atoms with van der Waals surface area (Å²) >= 11 is 0. The summed E-state index contributed by atoms with van der Waals surface area (Å²) in [5.74, 6) is -11.1. The van der Waals surface area contributed by atoms with Crippen molar-refractivity contribution >= 4 is 65.0 Å². The van der Waals surface area contributed by atoms with Gasteiger partial charge in [0.15, 0.2) is 5.79 Å². The van der Waals surface area contributed by atoms with Crippen molar-refractivity contribution in [1.29, 1.82) is 0 Å². The molecule has 3 rings (SSSR count). The molecule has 0 bridgehead atoms. The molecule has 0 aromatic carbocycles. The lowest BCUT2D eigenvalue weighted by Gasteiger charge is -2.42. The molecule has 26 heteroatoms. The van der Waals surface area contributed by atoms with Crippen LogP contribution in [0.4, 0.5) is 0 Å². The minimum absolute atomic E-state index is 0.00133. The molecule has 3 heterocycles. The second-order valence-corrected chi connectivity index (χ2v) is 29.2. The molecule has 5 N–H and O–H groups in total. The molecule has 0 aliphatic carbocycles. The monoisotopic (exact) mass is 1340 g/mol. The molecule has 0 aromatic rings. The van der Waals surface area contributed by atoms with Crippen LogP contribution in [0.3, 0.4) is 0 Å². The lowest BCUT2D eigenvalue weighted by molar-refractivity contribution is -0.186. The highest BCUT2D eigenvalue weighted by Crippen LogP contribution is 2.33. The maximum Gasteiger partial charge on any atom is 0.246 e. The number of carbonyl (C=O) groups is 11. The summed E-state index contributed by atoms with van der Waals surface area (Å²) in [6.45, 7) is 32.0. The number of carbonyl (C=O) groups excluding carboxylic acids is 11. The zero-order chi connectivity index (χ0) is 72.6. The van der Waals surface area contributed by atoms with Crippen molar-refractivity contribution < 1.29 is 67.3 Å². The van der Waals surface area contributed by atoms with Crippen LogP contribution in [0.2, 0.25) is 0 Å². The molecular weight excluding hydrogens is 1220 g/mol. The van der Waals surface area contributed by atoms with Gasteiger partial charge in [-0.25, -0.2) is 0 Å². The zero-order valence-electron chi connectivity index (χ0n) is 61.9. The Morgan fingerprint density at radius 2 is 0.947 bits per heavy atom. The molecular formula is C69H122N12O14. The summed E-state index contributed by atoms with van der Waals surface area (Å²) in [6.07, 6.45) is 3.95. The van der Waals surface area contributed by atoms with E-state index < -0.39 is 167 Å². The molecule has 14 atom stereocenters. The van der Waals surface area contributed by atoms with E-state index in [1.807, 2.05) is 54.5 Å². The fourth-order valence-corrected chi connectivity index (χ4v) is 13.2. The molecule has 1 unspecified atom stereocenters. The Kier molecular flexibility index (Phi) is 32.2. The van der Waals surface area contributed by atoms with Gasteiger partial charge in [-0.2, -0.15) is 0 Å². The SMILES string of the molecule is C/C=C/C[C@@H](C)[C@@H](O)[C@H]1C(=O)N[C@@H](CC)C(=O)N(C)C(C)C(=O)N(C)[C@@H]([C@H](C)CN2CCC3(CC2)OCCO3)C(=O)N[C@@H](C(C)C)C(=O)N(C)[C@@H](CC(C)C)C(=O)N[C@@H](C)C(=O)N[C@H](C)C(=O)N(C)[C@@H](CC(C)C)C(=O)N(C)[C@@H](CC(C)C)C(=O)N(C)[C@@H](C(C)C)C(=O)N1C. The number of allylic oxidation sites excluding steroid dienone is 2. The van der Waals surface area contributed by atoms with E-state index >= 15 is 28.8 Å². The normalized spacial score (nSPS) is 28.8. The molecule has 3 aliphatic rings. The molecule has 95 heavy (non-hydrogen) atoms. The zero-order valence-corrected chi connectivity index (χ0v) is 61.9. The highest BCUT2D eigenvalue weighted by molar-refractivity contribution is 6.00. The summed E-state index contributed by atoms with van der Waals surface area (Å²) < 4.78 is 12.0. The van der Waals surface area contributed by atoms with E-state index in [-0.39, 0.29) is 43.4 Å². The third-order valence-corrected chi connectivity index (χ3v) is 19.3. The predicted octanol–water partition coefficient (Wildman–Crippen LogP) is 3.09. The van der Waals surface area contributed by atoms with E-state index in [1.54, 1.807) is 54.5 Å². The smallest absolute Gasteiger partial charge is 0.246 e. The summed E-state index contributed by atoms with van der Waals surface area (Å²) in [6, 6.07) is -13.9. The van der Waals surface area contributed by atoms with Crippen molar-refractivity contribution in [3.8, 4) is 0 Å². The molecule has 0 aromatic heterocycles. The molecule has 11 amide bonds. The summed E-state index contributed by atoms with van der Waals surface area (Å²) in [7, 11) is 10.0. The van der Waals surface area contributed by atoms with E-state index in [1.165, 1.54) is 99.5 Å². The van der Waals surface area contributed by atoms with Crippen LogP contribution >= 0.6 is 0 Å². The number of likely N-dealkylation sites (tertiary alicyclic amines) is 1. The molecule has 26 nitrogen and oxygen atoms in total. The van der Waals surface area contributed by atoms with Crippen LogP contribution in [0.25, 0.3) is 0 Å². The first-order valence-corrected chi connectivity index (χ1v) is 34.5. The number of ether oxygens (including phenoxy) is 2. The number of hydrogen-bond acceptors (Lipinski definition) is 15. The molecule has 1 spiro atoms. The van der Waals surface area contributed by atoms with E-state index in [0.29, 0.717) is 52.1 Å². The summed E-state index contributed by atoms with van der Waals surface area (Å²) in [5.41, 5.74) is 0. The average Bonchev–Trinajstić information content (AvgIpc) is 1.12. The molecule has 3 aliphatic heterocycles. The van der Waals surface area contributed by atoms with Crippen molar-refractivity contribution in [2.75, 3.05) is 82.2 Å². The topological polar surface area (TPSA) is 300 Å². The number of nitrogens with one attached hydrogen (secondary N) is 4. The van der Waals surface area contributed by atoms with Crippen LogP contribution in [0.5, 0.6) is 0 Å². The molecule has 3 saturated heterocycles. The minimum atomic E-state index is -1.64. The van der Waals surface area contributed by atoms with Crippen LogP contribution in [-0.4, -0.2) is 270 Å². The van der Waals surface area contributed by atoms with E-state index in [4.69, 9.17) is 9.47 Å². The maximum atomic E-state index is 15.3. The number of aliphatic hydroxyl groups excluding tert-OH is 1. The number of piperidine rings is 1. The summed E-state index contributed by atoms with van der Waals surface area (Å²) in [5, 5.41) is 23.4. The van der Waals surface area contributed by atoms with Crippen molar-refractivity contribution in [2.45, 2.75) is 241 Å². The number of hydrogen-bond donors (Lipinski definition) is 5. The second-order valence-electron chi connectivity index (χ2n) is 29.2. The van der Waals surface area contributed by atoms with E-state index in [2.05, 4.69) is 26.2 Å². The van der Waals surface area contributed by atoms with Gasteiger partial charge in [0, 0.05) is 81.8 Å². The van der Waals surface area contributed by atoms with Crippen LogP contribution < -0.4 is 21.3 Å². The number of amides is 11. The third-order valence-electron chi connectivity index (χ3n) is 19.3. The Labute approximate surface area is 567 Å². The molecule has 0 saturated carbocycles. The molecule has 542 valence electrons. The number of rotatable bonds is 16. The van der Waals surface area contributed by atoms with Crippen molar-refractivity contribution in [3.05, 3.63) is 12.2 Å². The Hall–Kier alpha value is -6.25. The maximum absolute atomic E-state index is 15.3. The van der Waals surface area contributed by atoms with Gasteiger partial charge in [0.1, 0.15) is 66.5 Å². The Morgan fingerprint density at radius 1 is 0.495 bits per heavy atom. The molecule has 3 fully saturated rings. The van der Waals surface area contributed by atoms with Crippen molar-refractivity contribution in [2.24, 2.45) is 41.4 Å². The second kappa shape index (κ2) is 36.9. The van der Waals surface area contributed by atoms with Gasteiger partial charge >= 0.3 is 0 Å². The van der Waals surface area contributed by atoms with Crippen LogP contribution in [0.15, 0.2) is 12.2 Å². The lowest BCUT2D eigenvalue weighted by Crippen LogP contribution is -2.64. The highest BCUT2D eigenvalue weighted by atomic mass is 16.7. The Morgan fingerprint density at radius 3 is 1.43 bits per heavy atom. The Bertz CT molecular complexity index is 2660. The number of nitrogens with zero attached hydrogens (tertiary/aromatic N) is 8. The lowest BCUT2D eigenvalue weighted by atomic mass is 9.91. The van der Waals surface area contributed by atoms with Crippen molar-refractivity contribution in [1.82, 2.24) is 60.5 Å². The van der Waals surface area contributed by atoms with Crippen LogP contribution in [-0.2, 0) is 62.2 Å². The van der Waals surface area contributed by atoms with Gasteiger partial charge in [0.25, 0.3) is 0 Å². The van der Waals surface area contributed by atoms with Gasteiger partial charge in [-0.1, -0.05) is 102 Å². The summed E-state index contributed by atoms with van der Waals surface area (Å²) in [4.78, 5) is 175. The predicted molar refractivity (Wildman–Crippen MR) is 363 cm³/mol. The third kappa shape index (κ3) is 21.6. The van der Waals surface area contributed by atoms with Gasteiger partial charge < -0.3 is 75.0 Å². The first kappa shape index (κ1) is 83.0. The first-order chi connectivity index (χ1) is 44.1. The quantitative estimate of drug-likeness (QED) is 0.139. The van der Waals surface area contributed by atoms with E-state index in [0.717, 1.165) is 4.90 Å². The number of likely N-dealkylation sites (N-methyl/N-ethyl adjacent to an activating group) is 7. The van der Waals surface area contributed by atoms with Gasteiger partial charge in [-0.3, -0.25) is 52.7 Å². The van der Waals surface area contributed by atoms with Crippen LogP contribution in [0.1, 0.15) is 163 Å². The van der Waals surface area contributed by atoms with Crippen molar-refractivity contribution in [3.63, 3.8) is 0 Å². The standard InChI is InChI=1S/C69H122N12O14/c1-25-27-28-44(13)57(82)56-61(86)72-49(26-2)64(89)74(18)48(17)63(88)79(23)55(45(14)38-81-31-29-69(30-32-81)94-33-34-95-69)60(85)73-53(42(9)10)67(92)75(19)50(35-39(3)4)59(84)70-46(15)58(83)71-47(16)62(87)76(20)51(36-40(5)6)65(90)77(21)52(37-41(7)8)66(91)78(22)54(43(11)12)68(93)80(56)24/h25,27,39-57,82H,26,28-38H2,1-24H3,(H,70,84)(H,71,83)(H,72,86)(H,73,85)/b27-25+/t44-,45-,46+,47-,48?,49+,50+,51+,52+,53+,54+,55+,56+,57-/m1/s1. The fourth-order valence-electron chi connectivity index (χ4n) is 13.2. The number of aliphatic hydroxyl groups is 1. The average molecular weight is 1340 g/mol. The minimum Gasteiger partial charge on any atom is -0.390 e. The van der Waals surface area contributed by atoms with E-state index in [9.17, 15) is 29.1 Å². The fraction of sp³-hybridized carbons (Fsp3) is 0.812. The van der Waals surface area contributed by atoms with Gasteiger partial charge in [0.2, 0.25) is 65.0 Å². The molecule has 0 radical (unpaired) electrons. The first-order valence-electron chi connectivity index (χ1n) is 34.5.